The number of carbonyl (C=O) groups is 2. The highest BCUT2D eigenvalue weighted by Crippen LogP contribution is 2.67. The number of fused-ring (bicyclic) bond motifs is 2. The lowest BCUT2D eigenvalue weighted by Gasteiger charge is -2.29. The molecule has 1 aromatic heterocycles. The van der Waals surface area contributed by atoms with E-state index < -0.39 is 0 Å². The lowest BCUT2D eigenvalue weighted by Crippen LogP contribution is -2.33. The normalized spacial score (nSPS) is 22.0. The van der Waals surface area contributed by atoms with E-state index in [4.69, 9.17) is 18.9 Å². The lowest BCUT2D eigenvalue weighted by molar-refractivity contribution is 0.0806. The number of methoxy groups -OCH3 is 4. The standard InChI is InChI=1S/C26H24N2O6/c1-31-15-5-6-16-17(9-15)26-11-14(26)12-28(21(26)10-19(16)29)25(30)18-7-13-8-20(32-2)23(33-3)24(34-4)22(13)27-18/h5-10,14,27H,11-12H2,1-4H3/t14-,26-/m1/s1. The van der Waals surface area contributed by atoms with Crippen molar-refractivity contribution in [1.29, 1.82) is 0 Å². The number of aromatic amines is 1. The van der Waals surface area contributed by atoms with Crippen molar-refractivity contribution in [3.63, 3.8) is 0 Å². The lowest BCUT2D eigenvalue weighted by atomic mass is 9.81. The minimum Gasteiger partial charge on any atom is -0.497 e. The topological polar surface area (TPSA) is 90.1 Å². The minimum absolute atomic E-state index is 0.0867. The number of H-pyrrole nitrogens is 1. The number of ketones is 1. The summed E-state index contributed by atoms with van der Waals surface area (Å²) in [5.74, 6) is 2.14. The summed E-state index contributed by atoms with van der Waals surface area (Å²) in [6, 6.07) is 9.16. The third-order valence-electron chi connectivity index (χ3n) is 7.39. The second-order valence-corrected chi connectivity index (χ2v) is 8.89. The van der Waals surface area contributed by atoms with E-state index in [9.17, 15) is 9.59 Å². The predicted octanol–water partition coefficient (Wildman–Crippen LogP) is 3.70. The molecule has 2 aliphatic carbocycles. The quantitative estimate of drug-likeness (QED) is 0.625. The number of carbonyl (C=O) groups excluding carboxylic acids is 2. The van der Waals surface area contributed by atoms with E-state index in [1.165, 1.54) is 7.11 Å². The van der Waals surface area contributed by atoms with Crippen molar-refractivity contribution < 1.29 is 28.5 Å². The molecule has 0 radical (unpaired) electrons. The molecule has 1 N–H and O–H groups in total. The Morgan fingerprint density at radius 1 is 1.03 bits per heavy atom. The molecule has 1 aliphatic heterocycles. The van der Waals surface area contributed by atoms with Gasteiger partial charge in [-0.25, -0.2) is 0 Å². The zero-order valence-corrected chi connectivity index (χ0v) is 19.4. The van der Waals surface area contributed by atoms with Gasteiger partial charge in [0.05, 0.1) is 34.0 Å². The van der Waals surface area contributed by atoms with Crippen LogP contribution in [0.15, 0.2) is 42.1 Å². The maximum atomic E-state index is 13.7. The number of amides is 1. The van der Waals surface area contributed by atoms with Crippen LogP contribution in [-0.2, 0) is 5.41 Å². The van der Waals surface area contributed by atoms with Crippen molar-refractivity contribution >= 4 is 22.6 Å². The van der Waals surface area contributed by atoms with Gasteiger partial charge in [0, 0.05) is 34.7 Å². The second kappa shape index (κ2) is 7.03. The summed E-state index contributed by atoms with van der Waals surface area (Å²) in [5.41, 5.74) is 3.17. The Kier molecular flexibility index (Phi) is 4.27. The Labute approximate surface area is 196 Å². The fraction of sp³-hybridized carbons (Fsp3) is 0.308. The first kappa shape index (κ1) is 20.7. The number of benzene rings is 2. The molecule has 0 bridgehead atoms. The number of allylic oxidation sites excluding steroid dienone is 2. The molecule has 6 rings (SSSR count). The summed E-state index contributed by atoms with van der Waals surface area (Å²) in [6.45, 7) is 0.563. The first-order valence-corrected chi connectivity index (χ1v) is 11.0. The second-order valence-electron chi connectivity index (χ2n) is 8.89. The average molecular weight is 460 g/mol. The number of nitrogens with one attached hydrogen (secondary N) is 1. The minimum atomic E-state index is -0.302. The monoisotopic (exact) mass is 460 g/mol. The molecule has 174 valence electrons. The smallest absolute Gasteiger partial charge is 0.274 e. The van der Waals surface area contributed by atoms with Gasteiger partial charge < -0.3 is 28.8 Å². The van der Waals surface area contributed by atoms with E-state index in [1.807, 2.05) is 18.2 Å². The van der Waals surface area contributed by atoms with Gasteiger partial charge in [-0.1, -0.05) is 0 Å². The van der Waals surface area contributed by atoms with Crippen molar-refractivity contribution in [3.05, 3.63) is 58.9 Å². The largest absolute Gasteiger partial charge is 0.497 e. The molecule has 3 aromatic rings. The number of hydrogen-bond donors (Lipinski definition) is 1. The van der Waals surface area contributed by atoms with E-state index in [0.717, 1.165) is 23.1 Å². The van der Waals surface area contributed by atoms with Gasteiger partial charge in [-0.3, -0.25) is 9.59 Å². The molecule has 2 heterocycles. The molecule has 1 saturated heterocycles. The maximum absolute atomic E-state index is 13.7. The Morgan fingerprint density at radius 3 is 2.53 bits per heavy atom. The number of rotatable bonds is 5. The molecular weight excluding hydrogens is 436 g/mol. The SMILES string of the molecule is COc1ccc2c(c1)[C@@]13C[C@@H]1CN(C(=O)c1cc4cc(OC)c(OC)c(OC)c4[nH]1)C3=CC2=O. The summed E-state index contributed by atoms with van der Waals surface area (Å²) >= 11 is 0. The molecule has 1 spiro atoms. The number of nitrogens with zero attached hydrogens (tertiary/aromatic N) is 1. The molecule has 2 aromatic carbocycles. The summed E-state index contributed by atoms with van der Waals surface area (Å²) in [6.07, 6.45) is 2.56. The number of hydrogen-bond acceptors (Lipinski definition) is 6. The first-order chi connectivity index (χ1) is 16.5. The zero-order chi connectivity index (χ0) is 23.8. The van der Waals surface area contributed by atoms with Gasteiger partial charge in [0.2, 0.25) is 5.75 Å². The summed E-state index contributed by atoms with van der Waals surface area (Å²) in [4.78, 5) is 31.6. The molecule has 2 atom stereocenters. The number of likely N-dealkylation sites (tertiary alicyclic amines) is 1. The van der Waals surface area contributed by atoms with Crippen LogP contribution in [0.1, 0.15) is 32.8 Å². The van der Waals surface area contributed by atoms with Crippen LogP contribution in [0.3, 0.4) is 0 Å². The molecule has 34 heavy (non-hydrogen) atoms. The highest BCUT2D eigenvalue weighted by Gasteiger charge is 2.67. The van der Waals surface area contributed by atoms with Crippen LogP contribution in [0.5, 0.6) is 23.0 Å². The van der Waals surface area contributed by atoms with Crippen molar-refractivity contribution in [2.24, 2.45) is 5.92 Å². The van der Waals surface area contributed by atoms with Crippen LogP contribution in [0.4, 0.5) is 0 Å². The van der Waals surface area contributed by atoms with Crippen LogP contribution in [0.2, 0.25) is 0 Å². The molecule has 0 unspecified atom stereocenters. The van der Waals surface area contributed by atoms with Crippen molar-refractivity contribution in [2.45, 2.75) is 11.8 Å². The van der Waals surface area contributed by atoms with Gasteiger partial charge in [-0.15, -0.1) is 0 Å². The Morgan fingerprint density at radius 2 is 1.82 bits per heavy atom. The average Bonchev–Trinajstić information content (AvgIpc) is 3.25. The predicted molar refractivity (Wildman–Crippen MR) is 124 cm³/mol. The molecule has 8 nitrogen and oxygen atoms in total. The van der Waals surface area contributed by atoms with Gasteiger partial charge in [-0.2, -0.15) is 0 Å². The van der Waals surface area contributed by atoms with E-state index in [0.29, 0.717) is 46.3 Å². The molecule has 3 aliphatic rings. The van der Waals surface area contributed by atoms with Crippen molar-refractivity contribution in [2.75, 3.05) is 35.0 Å². The Balaban J connectivity index is 1.42. The van der Waals surface area contributed by atoms with E-state index in [-0.39, 0.29) is 23.0 Å². The highest BCUT2D eigenvalue weighted by atomic mass is 16.5. The third-order valence-corrected chi connectivity index (χ3v) is 7.39. The molecule has 1 amide bonds. The molecule has 2 fully saturated rings. The first-order valence-electron chi connectivity index (χ1n) is 11.0. The van der Waals surface area contributed by atoms with Gasteiger partial charge in [0.15, 0.2) is 17.3 Å². The van der Waals surface area contributed by atoms with Crippen molar-refractivity contribution in [1.82, 2.24) is 9.88 Å². The van der Waals surface area contributed by atoms with Crippen LogP contribution in [-0.4, -0.2) is 56.6 Å². The summed E-state index contributed by atoms with van der Waals surface area (Å²) in [5, 5.41) is 0.765. The number of aromatic nitrogens is 1. The molecule has 1 saturated carbocycles. The van der Waals surface area contributed by atoms with Crippen LogP contribution in [0.25, 0.3) is 10.9 Å². The van der Waals surface area contributed by atoms with Gasteiger partial charge in [0.1, 0.15) is 11.4 Å². The summed E-state index contributed by atoms with van der Waals surface area (Å²) in [7, 11) is 6.25. The van der Waals surface area contributed by atoms with Crippen LogP contribution in [0, 0.1) is 5.92 Å². The fourth-order valence-corrected chi connectivity index (χ4v) is 5.73. The Hall–Kier alpha value is -3.94. The Bertz CT molecular complexity index is 1420. The van der Waals surface area contributed by atoms with Gasteiger partial charge in [-0.05, 0) is 48.2 Å². The zero-order valence-electron chi connectivity index (χ0n) is 19.4. The van der Waals surface area contributed by atoms with E-state index >= 15 is 0 Å². The van der Waals surface area contributed by atoms with Crippen LogP contribution >= 0.6 is 0 Å². The molecular formula is C26H24N2O6. The third kappa shape index (κ3) is 2.53. The maximum Gasteiger partial charge on any atom is 0.274 e. The van der Waals surface area contributed by atoms with E-state index in [2.05, 4.69) is 4.98 Å². The number of piperidine rings is 1. The highest BCUT2D eigenvalue weighted by molar-refractivity contribution is 6.10. The van der Waals surface area contributed by atoms with Gasteiger partial charge in [0.25, 0.3) is 5.91 Å². The molecule has 8 heteroatoms. The number of ether oxygens (including phenoxy) is 4. The van der Waals surface area contributed by atoms with Gasteiger partial charge >= 0.3 is 0 Å². The van der Waals surface area contributed by atoms with E-state index in [1.54, 1.807) is 44.4 Å². The van der Waals surface area contributed by atoms with Crippen LogP contribution < -0.4 is 18.9 Å². The fourth-order valence-electron chi connectivity index (χ4n) is 5.73. The van der Waals surface area contributed by atoms with Crippen molar-refractivity contribution in [3.8, 4) is 23.0 Å². The summed E-state index contributed by atoms with van der Waals surface area (Å²) < 4.78 is 21.9.